The predicted octanol–water partition coefficient (Wildman–Crippen LogP) is 2.02. The van der Waals surface area contributed by atoms with Crippen LogP contribution >= 0.6 is 11.8 Å². The molecule has 2 N–H and O–H groups in total. The van der Waals surface area contributed by atoms with Crippen LogP contribution in [0.3, 0.4) is 0 Å². The summed E-state index contributed by atoms with van der Waals surface area (Å²) in [7, 11) is 0. The Hall–Kier alpha value is -0.910. The molecule has 2 aliphatic rings. The summed E-state index contributed by atoms with van der Waals surface area (Å²) in [5, 5.41) is 12.7. The smallest absolute Gasteiger partial charge is 0.317 e. The fourth-order valence-electron chi connectivity index (χ4n) is 3.25. The van der Waals surface area contributed by atoms with Crippen molar-refractivity contribution >= 4 is 23.8 Å². The van der Waals surface area contributed by atoms with Crippen LogP contribution < -0.4 is 5.32 Å². The minimum absolute atomic E-state index is 0.0287. The van der Waals surface area contributed by atoms with E-state index < -0.39 is 11.9 Å². The largest absolute Gasteiger partial charge is 0.481 e. The molecule has 1 aliphatic carbocycles. The average Bonchev–Trinajstić information content (AvgIpc) is 2.81. The summed E-state index contributed by atoms with van der Waals surface area (Å²) < 4.78 is 0. The number of rotatable bonds is 3. The summed E-state index contributed by atoms with van der Waals surface area (Å²) in [5.74, 6) is -1.20. The zero-order valence-corrected chi connectivity index (χ0v) is 13.0. The SMILES string of the molecule is CSC1CCCCC1NC(=O)N1CC(C)C(C(=O)O)C1. The van der Waals surface area contributed by atoms with Gasteiger partial charge in [-0.05, 0) is 25.0 Å². The van der Waals surface area contributed by atoms with Crippen molar-refractivity contribution in [2.24, 2.45) is 11.8 Å². The van der Waals surface area contributed by atoms with Crippen molar-refractivity contribution in [2.75, 3.05) is 19.3 Å². The summed E-state index contributed by atoms with van der Waals surface area (Å²) >= 11 is 1.82. The lowest BCUT2D eigenvalue weighted by molar-refractivity contribution is -0.142. The lowest BCUT2D eigenvalue weighted by Gasteiger charge is -2.32. The number of urea groups is 1. The lowest BCUT2D eigenvalue weighted by Crippen LogP contribution is -2.49. The quantitative estimate of drug-likeness (QED) is 0.836. The number of aliphatic carboxylic acids is 1. The maximum absolute atomic E-state index is 12.3. The van der Waals surface area contributed by atoms with E-state index in [2.05, 4.69) is 11.6 Å². The van der Waals surface area contributed by atoms with Gasteiger partial charge in [-0.1, -0.05) is 19.8 Å². The van der Waals surface area contributed by atoms with Crippen molar-refractivity contribution in [2.45, 2.75) is 43.9 Å². The summed E-state index contributed by atoms with van der Waals surface area (Å²) in [6, 6.07) is 0.136. The van der Waals surface area contributed by atoms with E-state index in [0.29, 0.717) is 18.3 Å². The van der Waals surface area contributed by atoms with Crippen molar-refractivity contribution < 1.29 is 14.7 Å². The fourth-order valence-corrected chi connectivity index (χ4v) is 4.18. The number of hydrogen-bond acceptors (Lipinski definition) is 3. The van der Waals surface area contributed by atoms with E-state index in [1.54, 1.807) is 4.90 Å². The molecule has 2 amide bonds. The van der Waals surface area contributed by atoms with Gasteiger partial charge in [-0.25, -0.2) is 4.79 Å². The van der Waals surface area contributed by atoms with Gasteiger partial charge in [-0.2, -0.15) is 11.8 Å². The van der Waals surface area contributed by atoms with Crippen LogP contribution in [0, 0.1) is 11.8 Å². The molecule has 1 heterocycles. The third-order valence-electron chi connectivity index (χ3n) is 4.53. The highest BCUT2D eigenvalue weighted by Crippen LogP contribution is 2.28. The van der Waals surface area contributed by atoms with Crippen LogP contribution in [0.25, 0.3) is 0 Å². The molecule has 1 aliphatic heterocycles. The van der Waals surface area contributed by atoms with Gasteiger partial charge in [0.25, 0.3) is 0 Å². The molecule has 6 heteroatoms. The second kappa shape index (κ2) is 6.70. The fraction of sp³-hybridized carbons (Fsp3) is 0.857. The van der Waals surface area contributed by atoms with Crippen LogP contribution in [-0.2, 0) is 4.79 Å². The Balaban J connectivity index is 1.90. The number of hydrogen-bond donors (Lipinski definition) is 2. The van der Waals surface area contributed by atoms with Gasteiger partial charge < -0.3 is 15.3 Å². The van der Waals surface area contributed by atoms with E-state index in [9.17, 15) is 9.59 Å². The van der Waals surface area contributed by atoms with Gasteiger partial charge in [-0.15, -0.1) is 0 Å². The number of amides is 2. The number of carbonyl (C=O) groups excluding carboxylic acids is 1. The number of nitrogens with zero attached hydrogens (tertiary/aromatic N) is 1. The maximum atomic E-state index is 12.3. The number of carbonyl (C=O) groups is 2. The van der Waals surface area contributed by atoms with Crippen LogP contribution in [0.2, 0.25) is 0 Å². The number of carboxylic acids is 1. The highest BCUT2D eigenvalue weighted by atomic mass is 32.2. The monoisotopic (exact) mass is 300 g/mol. The number of likely N-dealkylation sites (tertiary alicyclic amines) is 1. The maximum Gasteiger partial charge on any atom is 0.317 e. The molecule has 1 saturated heterocycles. The molecule has 0 spiro atoms. The Morgan fingerprint density at radius 3 is 2.55 bits per heavy atom. The van der Waals surface area contributed by atoms with E-state index in [0.717, 1.165) is 19.3 Å². The molecule has 0 aromatic heterocycles. The molecule has 4 unspecified atom stereocenters. The van der Waals surface area contributed by atoms with Gasteiger partial charge in [0.05, 0.1) is 5.92 Å². The van der Waals surface area contributed by atoms with Crippen LogP contribution in [0.4, 0.5) is 4.79 Å². The first-order valence-corrected chi connectivity index (χ1v) is 8.62. The highest BCUT2D eigenvalue weighted by Gasteiger charge is 2.38. The molecule has 0 radical (unpaired) electrons. The first-order valence-electron chi connectivity index (χ1n) is 7.34. The summed E-state index contributed by atoms with van der Waals surface area (Å²) in [6.45, 7) is 2.77. The molecule has 4 atom stereocenters. The molecular weight excluding hydrogens is 276 g/mol. The van der Waals surface area contributed by atoms with E-state index in [1.807, 2.05) is 18.7 Å². The van der Waals surface area contributed by atoms with Gasteiger partial charge in [0.15, 0.2) is 0 Å². The molecule has 114 valence electrons. The molecule has 5 nitrogen and oxygen atoms in total. The van der Waals surface area contributed by atoms with E-state index in [4.69, 9.17) is 5.11 Å². The minimum Gasteiger partial charge on any atom is -0.481 e. The summed E-state index contributed by atoms with van der Waals surface area (Å²) in [5.41, 5.74) is 0. The zero-order valence-electron chi connectivity index (χ0n) is 12.2. The van der Waals surface area contributed by atoms with E-state index >= 15 is 0 Å². The van der Waals surface area contributed by atoms with Gasteiger partial charge in [0, 0.05) is 24.4 Å². The second-order valence-corrected chi connectivity index (χ2v) is 7.02. The average molecular weight is 300 g/mol. The van der Waals surface area contributed by atoms with Crippen molar-refractivity contribution in [3.8, 4) is 0 Å². The third kappa shape index (κ3) is 3.40. The molecule has 2 fully saturated rings. The van der Waals surface area contributed by atoms with Crippen LogP contribution in [0.5, 0.6) is 0 Å². The van der Waals surface area contributed by atoms with Crippen molar-refractivity contribution in [3.63, 3.8) is 0 Å². The van der Waals surface area contributed by atoms with E-state index in [-0.39, 0.29) is 18.0 Å². The van der Waals surface area contributed by atoms with Gasteiger partial charge in [0.1, 0.15) is 0 Å². The predicted molar refractivity (Wildman–Crippen MR) is 80.0 cm³/mol. The first kappa shape index (κ1) is 15.5. The normalized spacial score (nSPS) is 34.0. The Morgan fingerprint density at radius 2 is 1.95 bits per heavy atom. The van der Waals surface area contributed by atoms with Gasteiger partial charge in [0.2, 0.25) is 0 Å². The topological polar surface area (TPSA) is 69.6 Å². The molecule has 0 aromatic rings. The van der Waals surface area contributed by atoms with Crippen LogP contribution in [-0.4, -0.2) is 52.6 Å². The van der Waals surface area contributed by atoms with Crippen LogP contribution in [0.1, 0.15) is 32.6 Å². The highest BCUT2D eigenvalue weighted by molar-refractivity contribution is 7.99. The van der Waals surface area contributed by atoms with Crippen molar-refractivity contribution in [3.05, 3.63) is 0 Å². The van der Waals surface area contributed by atoms with E-state index in [1.165, 1.54) is 6.42 Å². The standard InChI is InChI=1S/C14H24N2O3S/c1-9-7-16(8-10(9)13(17)18)14(19)15-11-5-3-4-6-12(11)20-2/h9-12H,3-8H2,1-2H3,(H,15,19)(H,17,18). The summed E-state index contributed by atoms with van der Waals surface area (Å²) in [4.78, 5) is 25.1. The number of thioether (sulfide) groups is 1. The van der Waals surface area contributed by atoms with Crippen molar-refractivity contribution in [1.29, 1.82) is 0 Å². The molecule has 2 rings (SSSR count). The third-order valence-corrected chi connectivity index (χ3v) is 5.70. The Bertz CT molecular complexity index is 377. The zero-order chi connectivity index (χ0) is 14.7. The van der Waals surface area contributed by atoms with Gasteiger partial charge in [-0.3, -0.25) is 4.79 Å². The Morgan fingerprint density at radius 1 is 1.25 bits per heavy atom. The first-order chi connectivity index (χ1) is 9.52. The Kier molecular flexibility index (Phi) is 5.18. The molecule has 0 bridgehead atoms. The molecule has 0 aromatic carbocycles. The minimum atomic E-state index is -0.799. The lowest BCUT2D eigenvalue weighted by atomic mass is 9.95. The number of nitrogens with one attached hydrogen (secondary N) is 1. The van der Waals surface area contributed by atoms with Crippen molar-refractivity contribution in [1.82, 2.24) is 10.2 Å². The molecule has 20 heavy (non-hydrogen) atoms. The Labute approximate surface area is 124 Å². The summed E-state index contributed by atoms with van der Waals surface area (Å²) in [6.07, 6.45) is 6.67. The molecule has 1 saturated carbocycles. The van der Waals surface area contributed by atoms with Gasteiger partial charge >= 0.3 is 12.0 Å². The molecular formula is C14H24N2O3S. The number of carboxylic acid groups (broad SMARTS) is 1. The second-order valence-electron chi connectivity index (χ2n) is 5.94. The van der Waals surface area contributed by atoms with Crippen LogP contribution in [0.15, 0.2) is 0 Å².